The van der Waals surface area contributed by atoms with Crippen LogP contribution in [0.5, 0.6) is 0 Å². The van der Waals surface area contributed by atoms with E-state index in [9.17, 15) is 12.8 Å². The van der Waals surface area contributed by atoms with E-state index in [-0.39, 0.29) is 10.8 Å². The Labute approximate surface area is 122 Å². The first-order valence-corrected chi connectivity index (χ1v) is 8.18. The molecule has 1 atom stereocenters. The van der Waals surface area contributed by atoms with E-state index in [4.69, 9.17) is 0 Å². The van der Waals surface area contributed by atoms with E-state index >= 15 is 0 Å². The van der Waals surface area contributed by atoms with Crippen molar-refractivity contribution in [1.82, 2.24) is 14.5 Å². The lowest BCUT2D eigenvalue weighted by Gasteiger charge is -2.16. The Morgan fingerprint density at radius 3 is 2.90 bits per heavy atom. The highest BCUT2D eigenvalue weighted by Crippen LogP contribution is 2.31. The summed E-state index contributed by atoms with van der Waals surface area (Å²) in [6, 6.07) is 5.13. The average molecular weight is 309 g/mol. The van der Waals surface area contributed by atoms with Gasteiger partial charge in [-0.2, -0.15) is 9.40 Å². The van der Waals surface area contributed by atoms with Crippen LogP contribution in [0.15, 0.2) is 35.4 Å². The normalized spacial score (nSPS) is 20.0. The molecule has 1 aromatic carbocycles. The van der Waals surface area contributed by atoms with Gasteiger partial charge in [-0.15, -0.1) is 0 Å². The van der Waals surface area contributed by atoms with Crippen molar-refractivity contribution in [2.75, 3.05) is 13.1 Å². The Hall–Kier alpha value is -1.73. The number of sulfonamides is 1. The standard InChI is InChI=1S/C14H16FN3O2S/c1-10-8-16-17-14(10)11-5-6-18(9-11)21(19,20)13-4-2-3-12(15)7-13/h2-4,7-8,11H,5-6,9H2,1H3,(H,16,17)/t11-/m0/s1. The van der Waals surface area contributed by atoms with Crippen LogP contribution in [0.4, 0.5) is 4.39 Å². The molecule has 2 aromatic rings. The minimum absolute atomic E-state index is 0.00415. The van der Waals surface area contributed by atoms with Crippen molar-refractivity contribution >= 4 is 10.0 Å². The molecule has 7 heteroatoms. The largest absolute Gasteiger partial charge is 0.282 e. The van der Waals surface area contributed by atoms with Crippen molar-refractivity contribution in [3.05, 3.63) is 47.5 Å². The maximum absolute atomic E-state index is 13.2. The van der Waals surface area contributed by atoms with E-state index in [1.165, 1.54) is 22.5 Å². The van der Waals surface area contributed by atoms with Gasteiger partial charge < -0.3 is 0 Å². The Balaban J connectivity index is 1.84. The summed E-state index contributed by atoms with van der Waals surface area (Å²) < 4.78 is 39.7. The SMILES string of the molecule is Cc1cn[nH]c1[C@H]1CCN(S(=O)(=O)c2cccc(F)c2)C1. The Bertz CT molecular complexity index is 757. The number of aryl methyl sites for hydroxylation is 1. The predicted octanol–water partition coefficient (Wildman–Crippen LogP) is 2.04. The quantitative estimate of drug-likeness (QED) is 0.943. The number of aromatic amines is 1. The molecule has 0 saturated carbocycles. The molecule has 5 nitrogen and oxygen atoms in total. The maximum atomic E-state index is 13.2. The summed E-state index contributed by atoms with van der Waals surface area (Å²) in [4.78, 5) is 0.00415. The lowest BCUT2D eigenvalue weighted by molar-refractivity contribution is 0.471. The minimum Gasteiger partial charge on any atom is -0.282 e. The molecule has 0 aliphatic carbocycles. The van der Waals surface area contributed by atoms with Crippen LogP contribution in [0.3, 0.4) is 0 Å². The fourth-order valence-corrected chi connectivity index (χ4v) is 4.26. The van der Waals surface area contributed by atoms with E-state index in [1.54, 1.807) is 6.20 Å². The summed E-state index contributed by atoms with van der Waals surface area (Å²) in [7, 11) is -3.64. The second-order valence-electron chi connectivity index (χ2n) is 5.27. The zero-order chi connectivity index (χ0) is 15.0. The zero-order valence-electron chi connectivity index (χ0n) is 11.6. The van der Waals surface area contributed by atoms with E-state index < -0.39 is 15.8 Å². The van der Waals surface area contributed by atoms with Gasteiger partial charge in [0.25, 0.3) is 0 Å². The number of halogens is 1. The molecule has 0 amide bonds. The highest BCUT2D eigenvalue weighted by Gasteiger charge is 2.34. The van der Waals surface area contributed by atoms with E-state index in [0.29, 0.717) is 13.1 Å². The van der Waals surface area contributed by atoms with Crippen molar-refractivity contribution in [2.24, 2.45) is 0 Å². The monoisotopic (exact) mass is 309 g/mol. The van der Waals surface area contributed by atoms with Crippen LogP contribution in [-0.4, -0.2) is 36.0 Å². The third-order valence-electron chi connectivity index (χ3n) is 3.86. The van der Waals surface area contributed by atoms with Crippen LogP contribution >= 0.6 is 0 Å². The molecule has 1 aromatic heterocycles. The maximum Gasteiger partial charge on any atom is 0.243 e. The second kappa shape index (κ2) is 5.23. The second-order valence-corrected chi connectivity index (χ2v) is 7.21. The van der Waals surface area contributed by atoms with Crippen molar-refractivity contribution in [2.45, 2.75) is 24.2 Å². The molecule has 1 fully saturated rings. The molecule has 0 spiro atoms. The molecule has 0 unspecified atom stereocenters. The number of aromatic nitrogens is 2. The first kappa shape index (κ1) is 14.2. The molecule has 112 valence electrons. The van der Waals surface area contributed by atoms with Crippen molar-refractivity contribution < 1.29 is 12.8 Å². The lowest BCUT2D eigenvalue weighted by Crippen LogP contribution is -2.28. The number of nitrogens with one attached hydrogen (secondary N) is 1. The number of hydrogen-bond acceptors (Lipinski definition) is 3. The van der Waals surface area contributed by atoms with Gasteiger partial charge in [-0.25, -0.2) is 12.8 Å². The fraction of sp³-hybridized carbons (Fsp3) is 0.357. The smallest absolute Gasteiger partial charge is 0.243 e. The van der Waals surface area contributed by atoms with Crippen molar-refractivity contribution in [1.29, 1.82) is 0 Å². The van der Waals surface area contributed by atoms with Crippen LogP contribution in [-0.2, 0) is 10.0 Å². The van der Waals surface area contributed by atoms with Crippen molar-refractivity contribution in [3.63, 3.8) is 0 Å². The number of H-pyrrole nitrogens is 1. The molecule has 1 saturated heterocycles. The predicted molar refractivity (Wildman–Crippen MR) is 75.8 cm³/mol. The number of rotatable bonds is 3. The van der Waals surface area contributed by atoms with Gasteiger partial charge >= 0.3 is 0 Å². The van der Waals surface area contributed by atoms with Crippen LogP contribution in [0.1, 0.15) is 23.6 Å². The average Bonchev–Trinajstić information content (AvgIpc) is 3.07. The highest BCUT2D eigenvalue weighted by molar-refractivity contribution is 7.89. The Morgan fingerprint density at radius 1 is 1.43 bits per heavy atom. The van der Waals surface area contributed by atoms with Gasteiger partial charge in [-0.1, -0.05) is 6.07 Å². The molecule has 0 bridgehead atoms. The zero-order valence-corrected chi connectivity index (χ0v) is 12.4. The third-order valence-corrected chi connectivity index (χ3v) is 5.72. The van der Waals surface area contributed by atoms with Crippen molar-refractivity contribution in [3.8, 4) is 0 Å². The van der Waals surface area contributed by atoms with Gasteiger partial charge in [0.1, 0.15) is 5.82 Å². The minimum atomic E-state index is -3.64. The Morgan fingerprint density at radius 2 is 2.24 bits per heavy atom. The third kappa shape index (κ3) is 2.58. The van der Waals surface area contributed by atoms with E-state index in [0.717, 1.165) is 23.7 Å². The van der Waals surface area contributed by atoms with E-state index in [1.807, 2.05) is 6.92 Å². The van der Waals surface area contributed by atoms with Crippen LogP contribution < -0.4 is 0 Å². The number of benzene rings is 1. The molecule has 0 radical (unpaired) electrons. The molecule has 1 N–H and O–H groups in total. The van der Waals surface area contributed by atoms with Crippen LogP contribution in [0.25, 0.3) is 0 Å². The highest BCUT2D eigenvalue weighted by atomic mass is 32.2. The first-order chi connectivity index (χ1) is 9.98. The molecule has 21 heavy (non-hydrogen) atoms. The summed E-state index contributed by atoms with van der Waals surface area (Å²) in [5.41, 5.74) is 2.01. The molecular weight excluding hydrogens is 293 g/mol. The van der Waals surface area contributed by atoms with Gasteiger partial charge in [-0.05, 0) is 37.1 Å². The van der Waals surface area contributed by atoms with Crippen LogP contribution in [0.2, 0.25) is 0 Å². The molecule has 2 heterocycles. The summed E-state index contributed by atoms with van der Waals surface area (Å²) in [5, 5.41) is 6.92. The molecular formula is C14H16FN3O2S. The summed E-state index contributed by atoms with van der Waals surface area (Å²) in [6.45, 7) is 2.77. The molecule has 1 aliphatic rings. The molecule has 1 aliphatic heterocycles. The summed E-state index contributed by atoms with van der Waals surface area (Å²) in [6.07, 6.45) is 2.47. The topological polar surface area (TPSA) is 66.1 Å². The number of hydrogen-bond donors (Lipinski definition) is 1. The lowest BCUT2D eigenvalue weighted by atomic mass is 10.0. The van der Waals surface area contributed by atoms with Gasteiger partial charge in [0.15, 0.2) is 0 Å². The Kier molecular flexibility index (Phi) is 3.54. The van der Waals surface area contributed by atoms with Gasteiger partial charge in [0, 0.05) is 24.7 Å². The van der Waals surface area contributed by atoms with E-state index in [2.05, 4.69) is 10.2 Å². The van der Waals surface area contributed by atoms with Gasteiger partial charge in [-0.3, -0.25) is 5.10 Å². The summed E-state index contributed by atoms with van der Waals surface area (Å²) in [5.74, 6) is -0.438. The fourth-order valence-electron chi connectivity index (χ4n) is 2.73. The summed E-state index contributed by atoms with van der Waals surface area (Å²) >= 11 is 0. The van der Waals surface area contributed by atoms with Gasteiger partial charge in [0.2, 0.25) is 10.0 Å². The molecule has 3 rings (SSSR count). The number of nitrogens with zero attached hydrogens (tertiary/aromatic N) is 2. The first-order valence-electron chi connectivity index (χ1n) is 6.74. The van der Waals surface area contributed by atoms with Crippen LogP contribution in [0, 0.1) is 12.7 Å². The van der Waals surface area contributed by atoms with Gasteiger partial charge in [0.05, 0.1) is 11.1 Å².